The van der Waals surface area contributed by atoms with Gasteiger partial charge in [-0.1, -0.05) is 0 Å². The van der Waals surface area contributed by atoms with Crippen LogP contribution >= 0.6 is 0 Å². The summed E-state index contributed by atoms with van der Waals surface area (Å²) in [6.07, 6.45) is 2.47. The van der Waals surface area contributed by atoms with Crippen LogP contribution in [0.5, 0.6) is 5.75 Å². The maximum absolute atomic E-state index is 12.3. The number of hydrogen-bond acceptors (Lipinski definition) is 6. The Morgan fingerprint density at radius 2 is 2.08 bits per heavy atom. The Hall–Kier alpha value is -3.20. The first-order valence-electron chi connectivity index (χ1n) is 8.03. The topological polar surface area (TPSA) is 136 Å². The fourth-order valence-electron chi connectivity index (χ4n) is 2.57. The first-order valence-corrected chi connectivity index (χ1v) is 8.03. The minimum absolute atomic E-state index is 0.112. The maximum atomic E-state index is 12.3. The Balaban J connectivity index is 1.67. The third-order valence-electron chi connectivity index (χ3n) is 3.95. The SMILES string of the molecule is NC(=O)c1ccc(O[C@@H]2COCC[C@H]2NC(=O)c2c[nH]c(=O)cn2)cc1. The minimum Gasteiger partial charge on any atom is -0.486 e. The summed E-state index contributed by atoms with van der Waals surface area (Å²) in [5.74, 6) is -0.395. The lowest BCUT2D eigenvalue weighted by atomic mass is 10.1. The number of aromatic nitrogens is 2. The monoisotopic (exact) mass is 358 g/mol. The van der Waals surface area contributed by atoms with Gasteiger partial charge in [-0.15, -0.1) is 0 Å². The van der Waals surface area contributed by atoms with Crippen molar-refractivity contribution in [2.24, 2.45) is 5.73 Å². The summed E-state index contributed by atoms with van der Waals surface area (Å²) in [6.45, 7) is 0.798. The second kappa shape index (κ2) is 7.79. The number of carbonyl (C=O) groups is 2. The van der Waals surface area contributed by atoms with Gasteiger partial charge in [0, 0.05) is 18.4 Å². The highest BCUT2D eigenvalue weighted by atomic mass is 16.5. The molecule has 0 unspecified atom stereocenters. The van der Waals surface area contributed by atoms with Crippen molar-refractivity contribution in [1.29, 1.82) is 0 Å². The number of primary amides is 1. The number of nitrogens with zero attached hydrogens (tertiary/aromatic N) is 1. The quantitative estimate of drug-likeness (QED) is 0.679. The fraction of sp³-hybridized carbons (Fsp3) is 0.294. The zero-order valence-electron chi connectivity index (χ0n) is 13.8. The average Bonchev–Trinajstić information content (AvgIpc) is 2.64. The Bertz CT molecular complexity index is 828. The zero-order chi connectivity index (χ0) is 18.5. The van der Waals surface area contributed by atoms with E-state index >= 15 is 0 Å². The van der Waals surface area contributed by atoms with Gasteiger partial charge in [0.2, 0.25) is 5.91 Å². The van der Waals surface area contributed by atoms with Crippen molar-refractivity contribution in [2.75, 3.05) is 13.2 Å². The van der Waals surface area contributed by atoms with Gasteiger partial charge in [0.1, 0.15) is 17.5 Å². The summed E-state index contributed by atoms with van der Waals surface area (Å²) in [7, 11) is 0. The normalized spacial score (nSPS) is 19.5. The summed E-state index contributed by atoms with van der Waals surface area (Å²) in [4.78, 5) is 40.7. The van der Waals surface area contributed by atoms with E-state index in [0.29, 0.717) is 30.9 Å². The van der Waals surface area contributed by atoms with Crippen LogP contribution in [0.1, 0.15) is 27.3 Å². The standard InChI is InChI=1S/C17H18N4O5/c18-16(23)10-1-3-11(4-2-10)26-14-9-25-6-5-12(14)21-17(24)13-7-20-15(22)8-19-13/h1-4,7-8,12,14H,5-6,9H2,(H2,18,23)(H,20,22)(H,21,24)/t12-,14-/m1/s1. The van der Waals surface area contributed by atoms with Crippen molar-refractivity contribution in [3.05, 3.63) is 58.3 Å². The van der Waals surface area contributed by atoms with Crippen molar-refractivity contribution in [1.82, 2.24) is 15.3 Å². The first kappa shape index (κ1) is 17.6. The van der Waals surface area contributed by atoms with Crippen LogP contribution in [0.4, 0.5) is 0 Å². The average molecular weight is 358 g/mol. The molecular formula is C17H18N4O5. The maximum Gasteiger partial charge on any atom is 0.271 e. The summed E-state index contributed by atoms with van der Waals surface area (Å²) < 4.78 is 11.3. The Morgan fingerprint density at radius 1 is 1.31 bits per heavy atom. The lowest BCUT2D eigenvalue weighted by Gasteiger charge is -2.32. The van der Waals surface area contributed by atoms with Crippen LogP contribution in [0, 0.1) is 0 Å². The molecule has 1 fully saturated rings. The summed E-state index contributed by atoms with van der Waals surface area (Å²) in [5.41, 5.74) is 5.33. The highest BCUT2D eigenvalue weighted by Crippen LogP contribution is 2.19. The van der Waals surface area contributed by atoms with E-state index in [9.17, 15) is 14.4 Å². The summed E-state index contributed by atoms with van der Waals surface area (Å²) in [5, 5.41) is 2.85. The summed E-state index contributed by atoms with van der Waals surface area (Å²) >= 11 is 0. The van der Waals surface area contributed by atoms with E-state index in [1.807, 2.05) is 0 Å². The highest BCUT2D eigenvalue weighted by molar-refractivity contribution is 5.93. The molecule has 1 saturated heterocycles. The number of ether oxygens (including phenoxy) is 2. The van der Waals surface area contributed by atoms with Crippen molar-refractivity contribution in [2.45, 2.75) is 18.6 Å². The molecular weight excluding hydrogens is 340 g/mol. The number of rotatable bonds is 5. The lowest BCUT2D eigenvalue weighted by molar-refractivity contribution is -0.0135. The number of H-pyrrole nitrogens is 1. The number of nitrogens with two attached hydrogens (primary N) is 1. The largest absolute Gasteiger partial charge is 0.486 e. The van der Waals surface area contributed by atoms with Gasteiger partial charge in [0.25, 0.3) is 11.5 Å². The van der Waals surface area contributed by atoms with E-state index in [1.54, 1.807) is 24.3 Å². The van der Waals surface area contributed by atoms with Crippen molar-refractivity contribution in [3.8, 4) is 5.75 Å². The van der Waals surface area contributed by atoms with Gasteiger partial charge in [-0.05, 0) is 30.7 Å². The Labute approximate surface area is 148 Å². The molecule has 1 aliphatic rings. The molecule has 9 nitrogen and oxygen atoms in total. The van der Waals surface area contributed by atoms with E-state index in [-0.39, 0.29) is 17.3 Å². The molecule has 0 radical (unpaired) electrons. The van der Waals surface area contributed by atoms with Crippen molar-refractivity contribution >= 4 is 11.8 Å². The van der Waals surface area contributed by atoms with Gasteiger partial charge in [0.15, 0.2) is 0 Å². The third-order valence-corrected chi connectivity index (χ3v) is 3.95. The number of nitrogens with one attached hydrogen (secondary N) is 2. The van der Waals surface area contributed by atoms with Gasteiger partial charge in [-0.2, -0.15) is 0 Å². The molecule has 0 aliphatic carbocycles. The molecule has 0 spiro atoms. The molecule has 0 saturated carbocycles. The van der Waals surface area contributed by atoms with Gasteiger partial charge >= 0.3 is 0 Å². The number of benzene rings is 1. The van der Waals surface area contributed by atoms with Gasteiger partial charge < -0.3 is 25.5 Å². The molecule has 26 heavy (non-hydrogen) atoms. The molecule has 1 aromatic carbocycles. The van der Waals surface area contributed by atoms with E-state index in [2.05, 4.69) is 15.3 Å². The number of amides is 2. The second-order valence-electron chi connectivity index (χ2n) is 5.78. The number of hydrogen-bond donors (Lipinski definition) is 3. The van der Waals surface area contributed by atoms with E-state index in [4.69, 9.17) is 15.2 Å². The molecule has 4 N–H and O–H groups in total. The van der Waals surface area contributed by atoms with Crippen LogP contribution in [0.2, 0.25) is 0 Å². The second-order valence-corrected chi connectivity index (χ2v) is 5.78. The molecule has 2 atom stereocenters. The highest BCUT2D eigenvalue weighted by Gasteiger charge is 2.29. The minimum atomic E-state index is -0.518. The predicted octanol–water partition coefficient (Wildman–Crippen LogP) is -0.165. The molecule has 3 rings (SSSR count). The predicted molar refractivity (Wildman–Crippen MR) is 90.9 cm³/mol. The smallest absolute Gasteiger partial charge is 0.271 e. The molecule has 1 aromatic heterocycles. The first-order chi connectivity index (χ1) is 12.5. The van der Waals surface area contributed by atoms with E-state index < -0.39 is 17.9 Å². The van der Waals surface area contributed by atoms with Crippen molar-refractivity contribution < 1.29 is 19.1 Å². The molecule has 0 bridgehead atoms. The van der Waals surface area contributed by atoms with Gasteiger partial charge in [-0.3, -0.25) is 14.4 Å². The Morgan fingerprint density at radius 3 is 2.73 bits per heavy atom. The van der Waals surface area contributed by atoms with Crippen LogP contribution in [0.25, 0.3) is 0 Å². The van der Waals surface area contributed by atoms with E-state index in [0.717, 1.165) is 6.20 Å². The van der Waals surface area contributed by atoms with Crippen LogP contribution < -0.4 is 21.3 Å². The number of carbonyl (C=O) groups excluding carboxylic acids is 2. The van der Waals surface area contributed by atoms with Gasteiger partial charge in [0.05, 0.1) is 18.8 Å². The molecule has 2 amide bonds. The van der Waals surface area contributed by atoms with Crippen LogP contribution in [0.3, 0.4) is 0 Å². The van der Waals surface area contributed by atoms with E-state index in [1.165, 1.54) is 6.20 Å². The van der Waals surface area contributed by atoms with Crippen LogP contribution in [-0.4, -0.2) is 47.1 Å². The number of aromatic amines is 1. The molecule has 136 valence electrons. The molecule has 2 aromatic rings. The Kier molecular flexibility index (Phi) is 5.28. The zero-order valence-corrected chi connectivity index (χ0v) is 13.8. The van der Waals surface area contributed by atoms with Crippen LogP contribution in [-0.2, 0) is 4.74 Å². The molecule has 9 heteroatoms. The summed E-state index contributed by atoms with van der Waals surface area (Å²) in [6, 6.07) is 6.12. The molecule has 2 heterocycles. The fourth-order valence-corrected chi connectivity index (χ4v) is 2.57. The lowest BCUT2D eigenvalue weighted by Crippen LogP contribution is -2.51. The van der Waals surface area contributed by atoms with Gasteiger partial charge in [-0.25, -0.2) is 4.98 Å². The molecule has 1 aliphatic heterocycles. The van der Waals surface area contributed by atoms with Crippen molar-refractivity contribution in [3.63, 3.8) is 0 Å². The van der Waals surface area contributed by atoms with Crippen LogP contribution in [0.15, 0.2) is 41.5 Å². The third kappa shape index (κ3) is 4.25.